The normalized spacial score (nSPS) is 25.7. The number of rotatable bonds is 12. The van der Waals surface area contributed by atoms with Crippen LogP contribution in [0.2, 0.25) is 0 Å². The van der Waals surface area contributed by atoms with E-state index in [4.69, 9.17) is 0 Å². The van der Waals surface area contributed by atoms with Crippen LogP contribution in [0.5, 0.6) is 0 Å². The van der Waals surface area contributed by atoms with Crippen molar-refractivity contribution in [3.05, 3.63) is 59.2 Å². The van der Waals surface area contributed by atoms with Crippen molar-refractivity contribution in [2.45, 2.75) is 83.8 Å². The molecule has 2 aliphatic rings. The van der Waals surface area contributed by atoms with Crippen LogP contribution < -0.4 is 5.32 Å². The van der Waals surface area contributed by atoms with Crippen LogP contribution in [0.25, 0.3) is 0 Å². The molecule has 0 heterocycles. The van der Waals surface area contributed by atoms with Crippen molar-refractivity contribution in [3.63, 3.8) is 0 Å². The summed E-state index contributed by atoms with van der Waals surface area (Å²) < 4.78 is 0. The average Bonchev–Trinajstić information content (AvgIpc) is 3.26. The lowest BCUT2D eigenvalue weighted by Gasteiger charge is -2.19. The minimum atomic E-state index is -0.527. The van der Waals surface area contributed by atoms with Crippen molar-refractivity contribution in [2.75, 3.05) is 6.54 Å². The lowest BCUT2D eigenvalue weighted by molar-refractivity contribution is -0.121. The van der Waals surface area contributed by atoms with Crippen LogP contribution >= 0.6 is 0 Å². The van der Waals surface area contributed by atoms with Gasteiger partial charge in [-0.1, -0.05) is 67.0 Å². The number of allylic oxidation sites excluding steroid dienone is 2. The van der Waals surface area contributed by atoms with Crippen LogP contribution in [0, 0.1) is 24.7 Å². The smallest absolute Gasteiger partial charge is 0.219 e. The van der Waals surface area contributed by atoms with Gasteiger partial charge in [0.05, 0.1) is 12.2 Å². The molecule has 0 radical (unpaired) electrons. The SMILES string of the molecule is CCCCNC(=O)CCCCC1=C[C@H]2C[C@@H](O)[C@H](C=C[C@@H](O)Cc3cccc(C)c3)[C@H]2C1. The van der Waals surface area contributed by atoms with Gasteiger partial charge in [-0.3, -0.25) is 4.79 Å². The van der Waals surface area contributed by atoms with Gasteiger partial charge in [-0.2, -0.15) is 0 Å². The zero-order valence-corrected chi connectivity index (χ0v) is 19.8. The summed E-state index contributed by atoms with van der Waals surface area (Å²) in [6.45, 7) is 4.98. The second-order valence-corrected chi connectivity index (χ2v) is 9.79. The summed E-state index contributed by atoms with van der Waals surface area (Å²) in [7, 11) is 0. The molecule has 5 atom stereocenters. The third-order valence-corrected chi connectivity index (χ3v) is 7.04. The molecule has 0 spiro atoms. The summed E-state index contributed by atoms with van der Waals surface area (Å²) in [6, 6.07) is 8.25. The molecule has 0 saturated heterocycles. The van der Waals surface area contributed by atoms with E-state index in [1.807, 2.05) is 18.2 Å². The maximum absolute atomic E-state index is 11.8. The molecular formula is C28H41NO3. The zero-order chi connectivity index (χ0) is 22.9. The largest absolute Gasteiger partial charge is 0.392 e. The van der Waals surface area contributed by atoms with Gasteiger partial charge in [0, 0.05) is 25.3 Å². The van der Waals surface area contributed by atoms with Gasteiger partial charge in [0.2, 0.25) is 5.91 Å². The van der Waals surface area contributed by atoms with Crippen molar-refractivity contribution in [1.82, 2.24) is 5.32 Å². The Labute approximate surface area is 193 Å². The molecule has 1 amide bonds. The van der Waals surface area contributed by atoms with Crippen molar-refractivity contribution in [2.24, 2.45) is 17.8 Å². The summed E-state index contributed by atoms with van der Waals surface area (Å²) in [5.74, 6) is 1.18. The molecule has 1 aromatic carbocycles. The van der Waals surface area contributed by atoms with Crippen LogP contribution in [-0.4, -0.2) is 34.9 Å². The number of carbonyl (C=O) groups is 1. The fourth-order valence-corrected chi connectivity index (χ4v) is 5.33. The minimum Gasteiger partial charge on any atom is -0.392 e. The van der Waals surface area contributed by atoms with Gasteiger partial charge in [-0.25, -0.2) is 0 Å². The standard InChI is InChI=1S/C28H41NO3/c1-3-4-14-29-28(32)11-6-5-9-22-16-23-19-27(31)25(26(23)18-22)13-12-24(30)17-21-10-7-8-20(2)15-21/h7-8,10,12-13,15-16,23-27,30-31H,3-6,9,11,14,17-19H2,1-2H3,(H,29,32)/t23-,24+,25+,26-,27+/m0/s1. The van der Waals surface area contributed by atoms with E-state index in [9.17, 15) is 15.0 Å². The molecule has 1 aromatic rings. The number of hydrogen-bond acceptors (Lipinski definition) is 3. The number of aliphatic hydroxyl groups is 2. The number of nitrogens with one attached hydrogen (secondary N) is 1. The van der Waals surface area contributed by atoms with Gasteiger partial charge in [0.25, 0.3) is 0 Å². The highest BCUT2D eigenvalue weighted by molar-refractivity contribution is 5.75. The summed E-state index contributed by atoms with van der Waals surface area (Å²) in [5, 5.41) is 24.0. The number of amides is 1. The molecule has 0 aliphatic heterocycles. The first-order valence-electron chi connectivity index (χ1n) is 12.5. The number of unbranched alkanes of at least 4 members (excludes halogenated alkanes) is 2. The zero-order valence-electron chi connectivity index (χ0n) is 19.8. The van der Waals surface area contributed by atoms with E-state index in [0.29, 0.717) is 24.7 Å². The van der Waals surface area contributed by atoms with Crippen molar-refractivity contribution < 1.29 is 15.0 Å². The van der Waals surface area contributed by atoms with Crippen LogP contribution in [0.3, 0.4) is 0 Å². The topological polar surface area (TPSA) is 69.6 Å². The molecule has 4 heteroatoms. The first-order chi connectivity index (χ1) is 15.5. The van der Waals surface area contributed by atoms with E-state index in [1.165, 1.54) is 11.1 Å². The van der Waals surface area contributed by atoms with E-state index in [0.717, 1.165) is 57.1 Å². The van der Waals surface area contributed by atoms with E-state index < -0.39 is 6.10 Å². The molecular weight excluding hydrogens is 398 g/mol. The van der Waals surface area contributed by atoms with Crippen molar-refractivity contribution in [3.8, 4) is 0 Å². The number of carbonyl (C=O) groups excluding carboxylic acids is 1. The highest BCUT2D eigenvalue weighted by Gasteiger charge is 2.43. The Kier molecular flexibility index (Phi) is 9.55. The molecule has 3 rings (SSSR count). The summed E-state index contributed by atoms with van der Waals surface area (Å²) in [4.78, 5) is 11.8. The molecule has 2 aliphatic carbocycles. The second-order valence-electron chi connectivity index (χ2n) is 9.79. The van der Waals surface area contributed by atoms with Gasteiger partial charge < -0.3 is 15.5 Å². The lowest BCUT2D eigenvalue weighted by Crippen LogP contribution is -2.23. The number of aliphatic hydroxyl groups excluding tert-OH is 2. The molecule has 0 aromatic heterocycles. The fourth-order valence-electron chi connectivity index (χ4n) is 5.33. The molecule has 4 nitrogen and oxygen atoms in total. The molecule has 32 heavy (non-hydrogen) atoms. The minimum absolute atomic E-state index is 0.116. The quantitative estimate of drug-likeness (QED) is 0.321. The molecule has 1 saturated carbocycles. The monoisotopic (exact) mass is 439 g/mol. The first-order valence-corrected chi connectivity index (χ1v) is 12.5. The molecule has 1 fully saturated rings. The maximum Gasteiger partial charge on any atom is 0.219 e. The Balaban J connectivity index is 1.41. The second kappa shape index (κ2) is 12.4. The summed E-state index contributed by atoms with van der Waals surface area (Å²) in [5.41, 5.74) is 3.82. The lowest BCUT2D eigenvalue weighted by atomic mass is 9.88. The van der Waals surface area contributed by atoms with Gasteiger partial charge in [0.15, 0.2) is 0 Å². The van der Waals surface area contributed by atoms with Crippen LogP contribution in [-0.2, 0) is 11.2 Å². The Morgan fingerprint density at radius 2 is 2.12 bits per heavy atom. The predicted molar refractivity (Wildman–Crippen MR) is 130 cm³/mol. The summed E-state index contributed by atoms with van der Waals surface area (Å²) >= 11 is 0. The maximum atomic E-state index is 11.8. The van der Waals surface area contributed by atoms with E-state index in [2.05, 4.69) is 43.4 Å². The van der Waals surface area contributed by atoms with E-state index in [-0.39, 0.29) is 17.9 Å². The molecule has 0 unspecified atom stereocenters. The molecule has 3 N–H and O–H groups in total. The number of aryl methyl sites for hydroxylation is 1. The average molecular weight is 440 g/mol. The van der Waals surface area contributed by atoms with Crippen molar-refractivity contribution >= 4 is 5.91 Å². The Hall–Kier alpha value is -1.91. The Morgan fingerprint density at radius 1 is 1.28 bits per heavy atom. The van der Waals surface area contributed by atoms with Gasteiger partial charge in [0.1, 0.15) is 0 Å². The van der Waals surface area contributed by atoms with Crippen LogP contribution in [0.1, 0.15) is 69.4 Å². The molecule has 0 bridgehead atoms. The van der Waals surface area contributed by atoms with E-state index in [1.54, 1.807) is 0 Å². The highest BCUT2D eigenvalue weighted by Crippen LogP contribution is 2.48. The van der Waals surface area contributed by atoms with Crippen LogP contribution in [0.4, 0.5) is 0 Å². The van der Waals surface area contributed by atoms with Gasteiger partial charge in [-0.15, -0.1) is 0 Å². The Bertz CT molecular complexity index is 800. The van der Waals surface area contributed by atoms with E-state index >= 15 is 0 Å². The summed E-state index contributed by atoms with van der Waals surface area (Å²) in [6.07, 6.45) is 13.7. The van der Waals surface area contributed by atoms with Crippen molar-refractivity contribution in [1.29, 1.82) is 0 Å². The first kappa shape index (κ1) is 24.7. The highest BCUT2D eigenvalue weighted by atomic mass is 16.3. The fraction of sp³-hybridized carbons (Fsp3) is 0.607. The number of benzene rings is 1. The van der Waals surface area contributed by atoms with Gasteiger partial charge in [-0.05, 0) is 62.8 Å². The molecule has 176 valence electrons. The Morgan fingerprint density at radius 3 is 2.91 bits per heavy atom. The number of hydrogen-bond donors (Lipinski definition) is 3. The third kappa shape index (κ3) is 7.31. The van der Waals surface area contributed by atoms with Crippen LogP contribution in [0.15, 0.2) is 48.1 Å². The predicted octanol–water partition coefficient (Wildman–Crippen LogP) is 4.87. The number of fused-ring (bicyclic) bond motifs is 1. The van der Waals surface area contributed by atoms with Gasteiger partial charge >= 0.3 is 0 Å². The third-order valence-electron chi connectivity index (χ3n) is 7.04.